The molecule has 1 aliphatic rings. The first kappa shape index (κ1) is 17.7. The minimum absolute atomic E-state index is 0.00253. The molecule has 0 bridgehead atoms. The second-order valence-corrected chi connectivity index (χ2v) is 8.20. The molecule has 0 aliphatic heterocycles. The fourth-order valence-corrected chi connectivity index (χ4v) is 4.17. The monoisotopic (exact) mass is 364 g/mol. The van der Waals surface area contributed by atoms with E-state index in [4.69, 9.17) is 4.42 Å². The lowest BCUT2D eigenvalue weighted by Crippen LogP contribution is -2.45. The summed E-state index contributed by atoms with van der Waals surface area (Å²) in [4.78, 5) is 17.1. The van der Waals surface area contributed by atoms with Gasteiger partial charge in [-0.1, -0.05) is 26.0 Å². The summed E-state index contributed by atoms with van der Waals surface area (Å²) in [5.74, 6) is -0.106. The van der Waals surface area contributed by atoms with Crippen LogP contribution in [0.1, 0.15) is 43.5 Å². The van der Waals surface area contributed by atoms with Gasteiger partial charge in [-0.15, -0.1) is 0 Å². The molecule has 2 heterocycles. The number of hydrogen-bond acceptors (Lipinski definition) is 4. The van der Waals surface area contributed by atoms with Crippen LogP contribution >= 0.6 is 0 Å². The predicted molar refractivity (Wildman–Crippen MR) is 104 cm³/mol. The predicted octanol–water partition coefficient (Wildman–Crippen LogP) is 4.16. The summed E-state index contributed by atoms with van der Waals surface area (Å²) in [5, 5.41) is 14.1. The van der Waals surface area contributed by atoms with Crippen LogP contribution in [0.4, 0.5) is 0 Å². The third-order valence-corrected chi connectivity index (χ3v) is 5.28. The van der Waals surface area contributed by atoms with Gasteiger partial charge >= 0.3 is 0 Å². The molecule has 1 aromatic carbocycles. The van der Waals surface area contributed by atoms with E-state index in [-0.39, 0.29) is 23.5 Å². The molecule has 5 heteroatoms. The van der Waals surface area contributed by atoms with Crippen LogP contribution < -0.4 is 5.32 Å². The van der Waals surface area contributed by atoms with Gasteiger partial charge in [0.05, 0.1) is 18.1 Å². The normalized spacial score (nSPS) is 21.9. The zero-order valence-corrected chi connectivity index (χ0v) is 15.6. The summed E-state index contributed by atoms with van der Waals surface area (Å²) >= 11 is 0. The first-order chi connectivity index (χ1) is 12.9. The van der Waals surface area contributed by atoms with E-state index in [1.165, 1.54) is 0 Å². The summed E-state index contributed by atoms with van der Waals surface area (Å²) in [7, 11) is 0. The third-order valence-electron chi connectivity index (χ3n) is 5.28. The van der Waals surface area contributed by atoms with Gasteiger partial charge in [0.2, 0.25) is 0 Å². The van der Waals surface area contributed by atoms with Crippen molar-refractivity contribution in [1.29, 1.82) is 0 Å². The van der Waals surface area contributed by atoms with E-state index in [0.29, 0.717) is 12.0 Å². The van der Waals surface area contributed by atoms with Crippen LogP contribution in [-0.4, -0.2) is 28.1 Å². The molecule has 4 rings (SSSR count). The van der Waals surface area contributed by atoms with Crippen LogP contribution in [-0.2, 0) is 0 Å². The molecular formula is C22H24N2O3. The second-order valence-electron chi connectivity index (χ2n) is 8.20. The van der Waals surface area contributed by atoms with Gasteiger partial charge in [0.25, 0.3) is 5.91 Å². The van der Waals surface area contributed by atoms with Crippen molar-refractivity contribution < 1.29 is 14.3 Å². The molecule has 5 nitrogen and oxygen atoms in total. The van der Waals surface area contributed by atoms with E-state index in [9.17, 15) is 9.90 Å². The number of aromatic nitrogens is 1. The van der Waals surface area contributed by atoms with Crippen molar-refractivity contribution >= 4 is 16.9 Å². The highest BCUT2D eigenvalue weighted by Crippen LogP contribution is 2.35. The Morgan fingerprint density at radius 3 is 2.70 bits per heavy atom. The first-order valence-corrected chi connectivity index (χ1v) is 9.33. The molecule has 3 aromatic rings. The molecule has 2 unspecified atom stereocenters. The maximum Gasteiger partial charge on any atom is 0.251 e. The van der Waals surface area contributed by atoms with Gasteiger partial charge in [-0.25, -0.2) is 0 Å². The Hall–Kier alpha value is -2.66. The van der Waals surface area contributed by atoms with Gasteiger partial charge in [-0.3, -0.25) is 9.78 Å². The lowest BCUT2D eigenvalue weighted by Gasteiger charge is -2.38. The number of fused-ring (bicyclic) bond motifs is 1. The van der Waals surface area contributed by atoms with Crippen LogP contribution in [0.3, 0.4) is 0 Å². The number of benzene rings is 1. The Labute approximate surface area is 158 Å². The SMILES string of the molecule is CC1(C)CC(O)CC(NC(=O)c2ccc(-c3nccc4occc34)cc2)C1. The number of rotatable bonds is 3. The number of carbonyl (C=O) groups excluding carboxylic acids is 1. The maximum absolute atomic E-state index is 12.6. The van der Waals surface area contributed by atoms with E-state index in [1.807, 2.05) is 36.4 Å². The summed E-state index contributed by atoms with van der Waals surface area (Å²) in [6, 6.07) is 11.2. The molecular weight excluding hydrogens is 340 g/mol. The minimum atomic E-state index is -0.358. The van der Waals surface area contributed by atoms with Crippen molar-refractivity contribution in [3.05, 3.63) is 54.4 Å². The largest absolute Gasteiger partial charge is 0.464 e. The van der Waals surface area contributed by atoms with Crippen LogP contribution in [0.5, 0.6) is 0 Å². The Morgan fingerprint density at radius 1 is 1.19 bits per heavy atom. The number of nitrogens with one attached hydrogen (secondary N) is 1. The van der Waals surface area contributed by atoms with Crippen molar-refractivity contribution in [2.45, 2.75) is 45.3 Å². The average Bonchev–Trinajstić information content (AvgIpc) is 3.08. The van der Waals surface area contributed by atoms with Crippen molar-refractivity contribution in [2.75, 3.05) is 0 Å². The molecule has 0 radical (unpaired) electrons. The number of aliphatic hydroxyl groups excluding tert-OH is 1. The Bertz CT molecular complexity index is 959. The highest BCUT2D eigenvalue weighted by atomic mass is 16.3. The smallest absolute Gasteiger partial charge is 0.251 e. The average molecular weight is 364 g/mol. The van der Waals surface area contributed by atoms with Crippen molar-refractivity contribution in [1.82, 2.24) is 10.3 Å². The Morgan fingerprint density at radius 2 is 1.96 bits per heavy atom. The van der Waals surface area contributed by atoms with Crippen molar-refractivity contribution in [3.63, 3.8) is 0 Å². The van der Waals surface area contributed by atoms with Crippen LogP contribution in [0.25, 0.3) is 22.2 Å². The zero-order chi connectivity index (χ0) is 19.0. The number of hydrogen-bond donors (Lipinski definition) is 2. The van der Waals surface area contributed by atoms with Gasteiger partial charge < -0.3 is 14.8 Å². The molecule has 2 atom stereocenters. The van der Waals surface area contributed by atoms with Gasteiger partial charge in [0.1, 0.15) is 5.58 Å². The standard InChI is InChI=1S/C22H24N2O3/c1-22(2)12-16(11-17(25)13-22)24-21(26)15-5-3-14(4-6-15)20-18-8-10-27-19(18)7-9-23-20/h3-10,16-17,25H,11-13H2,1-2H3,(H,24,26). The first-order valence-electron chi connectivity index (χ1n) is 9.33. The maximum atomic E-state index is 12.6. The molecule has 2 aromatic heterocycles. The topological polar surface area (TPSA) is 75.4 Å². The van der Waals surface area contributed by atoms with Gasteiger partial charge in [-0.2, -0.15) is 0 Å². The quantitative estimate of drug-likeness (QED) is 0.732. The molecule has 140 valence electrons. The second kappa shape index (κ2) is 6.82. The highest BCUT2D eigenvalue weighted by molar-refractivity contribution is 5.96. The van der Waals surface area contributed by atoms with Gasteiger partial charge in [0, 0.05) is 28.8 Å². The van der Waals surface area contributed by atoms with Crippen LogP contribution in [0.15, 0.2) is 53.3 Å². The van der Waals surface area contributed by atoms with E-state index < -0.39 is 0 Å². The minimum Gasteiger partial charge on any atom is -0.464 e. The number of pyridine rings is 1. The molecule has 1 aliphatic carbocycles. The van der Waals surface area contributed by atoms with Gasteiger partial charge in [-0.05, 0) is 48.9 Å². The molecule has 0 spiro atoms. The molecule has 2 N–H and O–H groups in total. The number of aliphatic hydroxyl groups is 1. The Balaban J connectivity index is 1.50. The number of carbonyl (C=O) groups is 1. The van der Waals surface area contributed by atoms with E-state index >= 15 is 0 Å². The molecule has 1 saturated carbocycles. The summed E-state index contributed by atoms with van der Waals surface area (Å²) < 4.78 is 5.43. The summed E-state index contributed by atoms with van der Waals surface area (Å²) in [6.07, 6.45) is 5.28. The number of nitrogens with zero attached hydrogens (tertiary/aromatic N) is 1. The van der Waals surface area contributed by atoms with E-state index in [2.05, 4.69) is 24.1 Å². The van der Waals surface area contributed by atoms with Crippen molar-refractivity contribution in [2.24, 2.45) is 5.41 Å². The molecule has 1 amide bonds. The fourth-order valence-electron chi connectivity index (χ4n) is 4.17. The van der Waals surface area contributed by atoms with E-state index in [1.54, 1.807) is 12.5 Å². The summed E-state index contributed by atoms with van der Waals surface area (Å²) in [6.45, 7) is 4.26. The van der Waals surface area contributed by atoms with Crippen LogP contribution in [0, 0.1) is 5.41 Å². The lowest BCUT2D eigenvalue weighted by molar-refractivity contribution is 0.0450. The Kier molecular flexibility index (Phi) is 4.48. The molecule has 1 fully saturated rings. The van der Waals surface area contributed by atoms with Crippen LogP contribution in [0.2, 0.25) is 0 Å². The molecule has 0 saturated heterocycles. The fraction of sp³-hybridized carbons (Fsp3) is 0.364. The summed E-state index contributed by atoms with van der Waals surface area (Å²) in [5.41, 5.74) is 3.21. The highest BCUT2D eigenvalue weighted by Gasteiger charge is 2.33. The number of furan rings is 1. The third kappa shape index (κ3) is 3.74. The number of amides is 1. The van der Waals surface area contributed by atoms with Crippen molar-refractivity contribution in [3.8, 4) is 11.3 Å². The van der Waals surface area contributed by atoms with E-state index in [0.717, 1.165) is 35.1 Å². The zero-order valence-electron chi connectivity index (χ0n) is 15.6. The van der Waals surface area contributed by atoms with Gasteiger partial charge in [0.15, 0.2) is 0 Å². The lowest BCUT2D eigenvalue weighted by atomic mass is 9.74. The molecule has 27 heavy (non-hydrogen) atoms.